The molecular weight excluding hydrogens is 302 g/mol. The summed E-state index contributed by atoms with van der Waals surface area (Å²) in [7, 11) is 1.36. The van der Waals surface area contributed by atoms with Crippen molar-refractivity contribution in [1.29, 1.82) is 0 Å². The third kappa shape index (κ3) is 5.23. The van der Waals surface area contributed by atoms with Crippen molar-refractivity contribution >= 4 is 11.9 Å². The third-order valence-electron chi connectivity index (χ3n) is 4.02. The van der Waals surface area contributed by atoms with Crippen LogP contribution in [0.4, 0.5) is 0 Å². The molecular formula is C20H23NO3. The molecule has 0 aromatic heterocycles. The molecule has 4 heteroatoms. The lowest BCUT2D eigenvalue weighted by atomic mass is 9.92. The topological polar surface area (TPSA) is 55.4 Å². The maximum Gasteiger partial charge on any atom is 0.306 e. The highest BCUT2D eigenvalue weighted by Gasteiger charge is 2.21. The first-order valence-electron chi connectivity index (χ1n) is 8.06. The fourth-order valence-electron chi connectivity index (χ4n) is 2.67. The van der Waals surface area contributed by atoms with Crippen molar-refractivity contribution in [2.45, 2.75) is 31.7 Å². The maximum atomic E-state index is 12.4. The molecule has 0 fully saturated rings. The van der Waals surface area contributed by atoms with Crippen LogP contribution in [0.15, 0.2) is 60.7 Å². The van der Waals surface area contributed by atoms with Crippen LogP contribution >= 0.6 is 0 Å². The van der Waals surface area contributed by atoms with Crippen LogP contribution in [0.1, 0.15) is 42.9 Å². The van der Waals surface area contributed by atoms with Gasteiger partial charge in [-0.1, -0.05) is 60.7 Å². The molecule has 0 aliphatic rings. The molecule has 0 aliphatic heterocycles. The number of benzene rings is 2. The van der Waals surface area contributed by atoms with Crippen LogP contribution < -0.4 is 5.32 Å². The molecule has 2 rings (SSSR count). The summed E-state index contributed by atoms with van der Waals surface area (Å²) in [4.78, 5) is 24.1. The molecule has 24 heavy (non-hydrogen) atoms. The summed E-state index contributed by atoms with van der Waals surface area (Å²) in [5, 5.41) is 3.00. The lowest BCUT2D eigenvalue weighted by molar-refractivity contribution is -0.141. The minimum atomic E-state index is -0.312. The smallest absolute Gasteiger partial charge is 0.306 e. The summed E-state index contributed by atoms with van der Waals surface area (Å²) in [6, 6.07) is 19.3. The van der Waals surface area contributed by atoms with Crippen molar-refractivity contribution in [3.8, 4) is 0 Å². The second-order valence-electron chi connectivity index (χ2n) is 5.79. The molecule has 0 unspecified atom stereocenters. The van der Waals surface area contributed by atoms with E-state index in [4.69, 9.17) is 4.74 Å². The summed E-state index contributed by atoms with van der Waals surface area (Å²) in [5.74, 6) is -0.585. The van der Waals surface area contributed by atoms with Crippen LogP contribution in [-0.4, -0.2) is 19.0 Å². The lowest BCUT2D eigenvalue weighted by Crippen LogP contribution is -2.28. The second-order valence-corrected chi connectivity index (χ2v) is 5.79. The van der Waals surface area contributed by atoms with Crippen LogP contribution in [0.5, 0.6) is 0 Å². The Morgan fingerprint density at radius 3 is 2.00 bits per heavy atom. The predicted molar refractivity (Wildman–Crippen MR) is 93.4 cm³/mol. The summed E-state index contributed by atoms with van der Waals surface area (Å²) in [6.45, 7) is 1.95. The minimum absolute atomic E-state index is 0.0757. The normalized spacial score (nSPS) is 12.9. The van der Waals surface area contributed by atoms with E-state index in [0.717, 1.165) is 11.1 Å². The van der Waals surface area contributed by atoms with Gasteiger partial charge in [-0.05, 0) is 18.1 Å². The number of ether oxygens (including phenoxy) is 1. The van der Waals surface area contributed by atoms with Crippen LogP contribution in [-0.2, 0) is 14.3 Å². The van der Waals surface area contributed by atoms with Gasteiger partial charge in [0.15, 0.2) is 0 Å². The molecule has 0 bridgehead atoms. The monoisotopic (exact) mass is 325 g/mol. The van der Waals surface area contributed by atoms with E-state index < -0.39 is 0 Å². The first kappa shape index (κ1) is 17.7. The Morgan fingerprint density at radius 1 is 0.917 bits per heavy atom. The molecule has 0 saturated heterocycles. The van der Waals surface area contributed by atoms with Crippen molar-refractivity contribution < 1.29 is 14.3 Å². The molecule has 0 radical (unpaired) electrons. The van der Waals surface area contributed by atoms with Crippen LogP contribution in [0.2, 0.25) is 0 Å². The van der Waals surface area contributed by atoms with Crippen molar-refractivity contribution in [3.05, 3.63) is 71.8 Å². The number of nitrogens with one attached hydrogen (secondary N) is 1. The van der Waals surface area contributed by atoms with Gasteiger partial charge in [0.05, 0.1) is 19.6 Å². The average molecular weight is 325 g/mol. The molecule has 0 spiro atoms. The minimum Gasteiger partial charge on any atom is -0.469 e. The van der Waals surface area contributed by atoms with Gasteiger partial charge in [-0.3, -0.25) is 9.59 Å². The molecule has 2 aromatic carbocycles. The van der Waals surface area contributed by atoms with E-state index in [0.29, 0.717) is 0 Å². The highest BCUT2D eigenvalue weighted by molar-refractivity contribution is 5.79. The van der Waals surface area contributed by atoms with Gasteiger partial charge in [0.1, 0.15) is 0 Å². The number of amides is 1. The summed E-state index contributed by atoms with van der Waals surface area (Å²) >= 11 is 0. The quantitative estimate of drug-likeness (QED) is 0.791. The zero-order valence-corrected chi connectivity index (χ0v) is 14.1. The van der Waals surface area contributed by atoms with Crippen LogP contribution in [0.3, 0.4) is 0 Å². The zero-order valence-electron chi connectivity index (χ0n) is 14.1. The van der Waals surface area contributed by atoms with Gasteiger partial charge < -0.3 is 10.1 Å². The van der Waals surface area contributed by atoms with Crippen molar-refractivity contribution in [3.63, 3.8) is 0 Å². The van der Waals surface area contributed by atoms with E-state index in [1.807, 2.05) is 67.6 Å². The Labute approximate surface area is 142 Å². The van der Waals surface area contributed by atoms with Gasteiger partial charge in [0.25, 0.3) is 0 Å². The average Bonchev–Trinajstić information content (AvgIpc) is 2.62. The Balaban J connectivity index is 2.03. The number of carbonyl (C=O) groups excluding carboxylic acids is 2. The third-order valence-corrected chi connectivity index (χ3v) is 4.02. The molecule has 0 saturated carbocycles. The number of hydrogen-bond acceptors (Lipinski definition) is 3. The maximum absolute atomic E-state index is 12.4. The van der Waals surface area contributed by atoms with Crippen LogP contribution in [0.25, 0.3) is 0 Å². The van der Waals surface area contributed by atoms with Gasteiger partial charge in [-0.2, -0.15) is 0 Å². The zero-order chi connectivity index (χ0) is 17.4. The molecule has 0 aliphatic carbocycles. The second kappa shape index (κ2) is 8.87. The Bertz CT molecular complexity index is 655. The molecule has 1 amide bonds. The first-order chi connectivity index (χ1) is 11.6. The fraction of sp³-hybridized carbons (Fsp3) is 0.300. The van der Waals surface area contributed by atoms with E-state index >= 15 is 0 Å². The number of esters is 1. The Kier molecular flexibility index (Phi) is 6.55. The van der Waals surface area contributed by atoms with Gasteiger partial charge in [-0.15, -0.1) is 0 Å². The highest BCUT2D eigenvalue weighted by Crippen LogP contribution is 2.24. The van der Waals surface area contributed by atoms with Crippen molar-refractivity contribution in [1.82, 2.24) is 5.32 Å². The number of rotatable bonds is 7. The van der Waals surface area contributed by atoms with Crippen LogP contribution in [0, 0.1) is 0 Å². The van der Waals surface area contributed by atoms with Gasteiger partial charge in [0.2, 0.25) is 5.91 Å². The van der Waals surface area contributed by atoms with Gasteiger partial charge >= 0.3 is 5.97 Å². The van der Waals surface area contributed by atoms with Crippen molar-refractivity contribution in [2.24, 2.45) is 0 Å². The van der Waals surface area contributed by atoms with E-state index in [2.05, 4.69) is 5.32 Å². The summed E-state index contributed by atoms with van der Waals surface area (Å²) < 4.78 is 4.76. The lowest BCUT2D eigenvalue weighted by Gasteiger charge is -2.19. The van der Waals surface area contributed by atoms with Gasteiger partial charge in [0, 0.05) is 12.3 Å². The summed E-state index contributed by atoms with van der Waals surface area (Å²) in [6.07, 6.45) is 0.434. The first-order valence-corrected chi connectivity index (χ1v) is 8.06. The number of hydrogen-bond donors (Lipinski definition) is 1. The van der Waals surface area contributed by atoms with E-state index in [1.54, 1.807) is 0 Å². The standard InChI is InChI=1S/C20H23NO3/c1-15(16-9-5-3-6-10-16)21-19(22)13-18(14-20(23)24-2)17-11-7-4-8-12-17/h3-12,15,18H,13-14H2,1-2H3,(H,21,22)/t15-,18-/m1/s1. The summed E-state index contributed by atoms with van der Waals surface area (Å²) in [5.41, 5.74) is 2.01. The van der Waals surface area contributed by atoms with E-state index in [9.17, 15) is 9.59 Å². The molecule has 0 heterocycles. The Hall–Kier alpha value is -2.62. The predicted octanol–water partition coefficient (Wildman–Crippen LogP) is 3.60. The molecule has 126 valence electrons. The number of methoxy groups -OCH3 is 1. The van der Waals surface area contributed by atoms with E-state index in [-0.39, 0.29) is 36.7 Å². The van der Waals surface area contributed by atoms with Gasteiger partial charge in [-0.25, -0.2) is 0 Å². The fourth-order valence-corrected chi connectivity index (χ4v) is 2.67. The highest BCUT2D eigenvalue weighted by atomic mass is 16.5. The Morgan fingerprint density at radius 2 is 1.46 bits per heavy atom. The number of carbonyl (C=O) groups is 2. The van der Waals surface area contributed by atoms with Crippen molar-refractivity contribution in [2.75, 3.05) is 7.11 Å². The molecule has 4 nitrogen and oxygen atoms in total. The van der Waals surface area contributed by atoms with E-state index in [1.165, 1.54) is 7.11 Å². The molecule has 1 N–H and O–H groups in total. The SMILES string of the molecule is COC(=O)C[C@@H](CC(=O)N[C@H](C)c1ccccc1)c1ccccc1. The molecule has 2 aromatic rings. The molecule has 2 atom stereocenters. The largest absolute Gasteiger partial charge is 0.469 e.